The fraction of sp³-hybridized carbons (Fsp3) is 0.176. The van der Waals surface area contributed by atoms with Crippen molar-refractivity contribution in [3.63, 3.8) is 0 Å². The standard InChI is InChI=1S/C17H16ClNO4/c1-10-4-3-5-15(11(10)2)23-9-16(20)19-12-6-7-13(17(21)22)14(18)8-12/h3-8H,9H2,1-2H3,(H,19,20)(H,21,22). The molecule has 2 rings (SSSR count). The van der Waals surface area contributed by atoms with E-state index in [4.69, 9.17) is 21.4 Å². The summed E-state index contributed by atoms with van der Waals surface area (Å²) in [7, 11) is 0. The number of aromatic carboxylic acids is 1. The highest BCUT2D eigenvalue weighted by Gasteiger charge is 2.11. The first-order chi connectivity index (χ1) is 10.9. The lowest BCUT2D eigenvalue weighted by Gasteiger charge is -2.11. The summed E-state index contributed by atoms with van der Waals surface area (Å²) in [5.74, 6) is -0.824. The largest absolute Gasteiger partial charge is 0.483 e. The first-order valence-electron chi connectivity index (χ1n) is 6.90. The number of hydrogen-bond donors (Lipinski definition) is 2. The molecule has 2 N–H and O–H groups in total. The number of amides is 1. The zero-order valence-electron chi connectivity index (χ0n) is 12.7. The van der Waals surface area contributed by atoms with Crippen LogP contribution in [0.1, 0.15) is 21.5 Å². The highest BCUT2D eigenvalue weighted by atomic mass is 35.5. The SMILES string of the molecule is Cc1cccc(OCC(=O)Nc2ccc(C(=O)O)c(Cl)c2)c1C. The summed E-state index contributed by atoms with van der Waals surface area (Å²) >= 11 is 5.86. The van der Waals surface area contributed by atoms with Crippen LogP contribution in [0.3, 0.4) is 0 Å². The molecule has 23 heavy (non-hydrogen) atoms. The first-order valence-corrected chi connectivity index (χ1v) is 7.28. The van der Waals surface area contributed by atoms with E-state index >= 15 is 0 Å². The van der Waals surface area contributed by atoms with Crippen LogP contribution in [0.2, 0.25) is 5.02 Å². The van der Waals surface area contributed by atoms with Gasteiger partial charge in [0.05, 0.1) is 10.6 Å². The molecule has 0 aliphatic rings. The Hall–Kier alpha value is -2.53. The van der Waals surface area contributed by atoms with Crippen LogP contribution in [0.15, 0.2) is 36.4 Å². The predicted octanol–water partition coefficient (Wildman–Crippen LogP) is 3.67. The minimum absolute atomic E-state index is 0.0173. The minimum atomic E-state index is -1.12. The summed E-state index contributed by atoms with van der Waals surface area (Å²) in [6.45, 7) is 3.74. The van der Waals surface area contributed by atoms with Crippen LogP contribution >= 0.6 is 11.6 Å². The summed E-state index contributed by atoms with van der Waals surface area (Å²) in [6, 6.07) is 9.83. The maximum Gasteiger partial charge on any atom is 0.337 e. The number of carboxylic acids is 1. The van der Waals surface area contributed by atoms with Crippen LogP contribution in [0.5, 0.6) is 5.75 Å². The van der Waals surface area contributed by atoms with Crippen molar-refractivity contribution in [1.29, 1.82) is 0 Å². The summed E-state index contributed by atoms with van der Waals surface area (Å²) in [5.41, 5.74) is 2.46. The van der Waals surface area contributed by atoms with Crippen LogP contribution in [0.25, 0.3) is 0 Å². The molecule has 120 valence electrons. The molecular formula is C17H16ClNO4. The van der Waals surface area contributed by atoms with E-state index in [1.165, 1.54) is 18.2 Å². The van der Waals surface area contributed by atoms with E-state index in [0.717, 1.165) is 11.1 Å². The fourth-order valence-electron chi connectivity index (χ4n) is 1.99. The van der Waals surface area contributed by atoms with E-state index in [0.29, 0.717) is 11.4 Å². The molecular weight excluding hydrogens is 318 g/mol. The Labute approximate surface area is 138 Å². The van der Waals surface area contributed by atoms with Crippen molar-refractivity contribution in [2.75, 3.05) is 11.9 Å². The van der Waals surface area contributed by atoms with Crippen LogP contribution in [-0.2, 0) is 4.79 Å². The molecule has 6 heteroatoms. The smallest absolute Gasteiger partial charge is 0.337 e. The van der Waals surface area contributed by atoms with Gasteiger partial charge in [0.15, 0.2) is 6.61 Å². The van der Waals surface area contributed by atoms with Crippen molar-refractivity contribution in [3.05, 3.63) is 58.1 Å². The minimum Gasteiger partial charge on any atom is -0.483 e. The fourth-order valence-corrected chi connectivity index (χ4v) is 2.25. The highest BCUT2D eigenvalue weighted by molar-refractivity contribution is 6.33. The van der Waals surface area contributed by atoms with Crippen molar-refractivity contribution in [2.24, 2.45) is 0 Å². The van der Waals surface area contributed by atoms with Gasteiger partial charge in [0.2, 0.25) is 0 Å². The normalized spacial score (nSPS) is 10.2. The van der Waals surface area contributed by atoms with Crippen LogP contribution in [-0.4, -0.2) is 23.6 Å². The Morgan fingerprint density at radius 2 is 1.96 bits per heavy atom. The topological polar surface area (TPSA) is 75.6 Å². The Morgan fingerprint density at radius 3 is 2.61 bits per heavy atom. The number of nitrogens with one attached hydrogen (secondary N) is 1. The van der Waals surface area contributed by atoms with Gasteiger partial charge in [-0.15, -0.1) is 0 Å². The van der Waals surface area contributed by atoms with Gasteiger partial charge in [-0.1, -0.05) is 23.7 Å². The predicted molar refractivity (Wildman–Crippen MR) is 88.5 cm³/mol. The van der Waals surface area contributed by atoms with Crippen LogP contribution < -0.4 is 10.1 Å². The zero-order valence-corrected chi connectivity index (χ0v) is 13.5. The van der Waals surface area contributed by atoms with E-state index in [2.05, 4.69) is 5.32 Å². The third kappa shape index (κ3) is 4.23. The number of ether oxygens (including phenoxy) is 1. The van der Waals surface area contributed by atoms with Gasteiger partial charge in [0.25, 0.3) is 5.91 Å². The van der Waals surface area contributed by atoms with E-state index in [1.807, 2.05) is 26.0 Å². The van der Waals surface area contributed by atoms with Gasteiger partial charge in [-0.2, -0.15) is 0 Å². The molecule has 0 aromatic heterocycles. The van der Waals surface area contributed by atoms with Crippen molar-refractivity contribution < 1.29 is 19.4 Å². The monoisotopic (exact) mass is 333 g/mol. The highest BCUT2D eigenvalue weighted by Crippen LogP contribution is 2.22. The maximum atomic E-state index is 11.9. The number of benzene rings is 2. The number of aryl methyl sites for hydroxylation is 1. The second kappa shape index (κ2) is 7.15. The number of carbonyl (C=O) groups is 2. The van der Waals surface area contributed by atoms with Crippen LogP contribution in [0, 0.1) is 13.8 Å². The Morgan fingerprint density at radius 1 is 1.22 bits per heavy atom. The molecule has 1 amide bonds. The average Bonchev–Trinajstić information content (AvgIpc) is 2.48. The number of halogens is 1. The summed E-state index contributed by atoms with van der Waals surface area (Å²) in [5, 5.41) is 11.6. The Kier molecular flexibility index (Phi) is 5.24. The molecule has 0 bridgehead atoms. The molecule has 0 radical (unpaired) electrons. The average molecular weight is 334 g/mol. The van der Waals surface area contributed by atoms with Crippen molar-refractivity contribution in [3.8, 4) is 5.75 Å². The molecule has 0 saturated carbocycles. The van der Waals surface area contributed by atoms with Crippen molar-refractivity contribution in [2.45, 2.75) is 13.8 Å². The third-order valence-corrected chi connectivity index (χ3v) is 3.71. The van der Waals surface area contributed by atoms with Crippen molar-refractivity contribution in [1.82, 2.24) is 0 Å². The lowest BCUT2D eigenvalue weighted by Crippen LogP contribution is -2.20. The third-order valence-electron chi connectivity index (χ3n) is 3.40. The zero-order chi connectivity index (χ0) is 17.0. The molecule has 0 aliphatic carbocycles. The molecule has 2 aromatic carbocycles. The number of anilines is 1. The number of rotatable bonds is 5. The molecule has 5 nitrogen and oxygen atoms in total. The van der Waals surface area contributed by atoms with Crippen molar-refractivity contribution >= 4 is 29.2 Å². The molecule has 0 aliphatic heterocycles. The number of carboxylic acid groups (broad SMARTS) is 1. The molecule has 0 spiro atoms. The van der Waals surface area contributed by atoms with Gasteiger partial charge in [-0.3, -0.25) is 4.79 Å². The van der Waals surface area contributed by atoms with Crippen LogP contribution in [0.4, 0.5) is 5.69 Å². The summed E-state index contributed by atoms with van der Waals surface area (Å²) in [4.78, 5) is 22.8. The maximum absolute atomic E-state index is 11.9. The van der Waals surface area contributed by atoms with E-state index in [-0.39, 0.29) is 23.1 Å². The summed E-state index contributed by atoms with van der Waals surface area (Å²) in [6.07, 6.45) is 0. The molecule has 2 aromatic rings. The quantitative estimate of drug-likeness (QED) is 0.875. The van der Waals surface area contributed by atoms with Gasteiger partial charge in [-0.25, -0.2) is 4.79 Å². The molecule has 0 heterocycles. The lowest BCUT2D eigenvalue weighted by molar-refractivity contribution is -0.118. The van der Waals surface area contributed by atoms with E-state index in [1.54, 1.807) is 6.07 Å². The second-order valence-electron chi connectivity index (χ2n) is 5.03. The molecule has 0 atom stereocenters. The number of hydrogen-bond acceptors (Lipinski definition) is 3. The molecule has 0 unspecified atom stereocenters. The van der Waals surface area contributed by atoms with Gasteiger partial charge in [0.1, 0.15) is 5.75 Å². The Bertz CT molecular complexity index is 758. The van der Waals surface area contributed by atoms with Gasteiger partial charge in [-0.05, 0) is 49.2 Å². The Balaban J connectivity index is 1.99. The summed E-state index contributed by atoms with van der Waals surface area (Å²) < 4.78 is 5.50. The number of carbonyl (C=O) groups excluding carboxylic acids is 1. The second-order valence-corrected chi connectivity index (χ2v) is 5.44. The molecule has 0 fully saturated rings. The van der Waals surface area contributed by atoms with Gasteiger partial charge < -0.3 is 15.2 Å². The molecule has 0 saturated heterocycles. The van der Waals surface area contributed by atoms with Gasteiger partial charge >= 0.3 is 5.97 Å². The first kappa shape index (κ1) is 16.8. The van der Waals surface area contributed by atoms with E-state index < -0.39 is 5.97 Å². The van der Waals surface area contributed by atoms with Gasteiger partial charge in [0, 0.05) is 5.69 Å². The van der Waals surface area contributed by atoms with E-state index in [9.17, 15) is 9.59 Å². The lowest BCUT2D eigenvalue weighted by atomic mass is 10.1.